The van der Waals surface area contributed by atoms with Gasteiger partial charge in [-0.3, -0.25) is 0 Å². The summed E-state index contributed by atoms with van der Waals surface area (Å²) in [5, 5.41) is 6.47. The molecule has 3 aromatic carbocycles. The molecular weight excluding hydrogens is 627 g/mol. The van der Waals surface area contributed by atoms with Crippen molar-refractivity contribution in [3.63, 3.8) is 0 Å². The van der Waals surface area contributed by atoms with Crippen molar-refractivity contribution in [3.05, 3.63) is 109 Å². The molecule has 0 saturated heterocycles. The van der Waals surface area contributed by atoms with Gasteiger partial charge in [-0.2, -0.15) is 0 Å². The second kappa shape index (κ2) is 17.4. The molecule has 0 nitrogen and oxygen atoms in total. The molecule has 0 N–H and O–H groups in total. The third-order valence-corrected chi connectivity index (χ3v) is 15.1. The molecule has 1 aliphatic carbocycles. The van der Waals surface area contributed by atoms with E-state index in [9.17, 15) is 0 Å². The zero-order valence-electron chi connectivity index (χ0n) is 26.6. The predicted octanol–water partition coefficient (Wildman–Crippen LogP) is -1.38. The Hall–Kier alpha value is -1.06. The Bertz CT molecular complexity index is 1200. The van der Waals surface area contributed by atoms with Crippen LogP contribution in [0.5, 0.6) is 0 Å². The van der Waals surface area contributed by atoms with E-state index in [0.29, 0.717) is 0 Å². The summed E-state index contributed by atoms with van der Waals surface area (Å²) in [6, 6.07) is 23.0. The topological polar surface area (TPSA) is 0 Å². The molecule has 0 unspecified atom stereocenters. The SMILES string of the molecule is CCC1=CCC([Si](c2cc(CC)cc(CC)c2)(c2cc(CC)cc(CC)c2)c2cc(CC)cc(CC)c2)=[C]1[Ti+3].[Cl-].[Cl-].[Cl-]. The van der Waals surface area contributed by atoms with Crippen LogP contribution < -0.4 is 52.8 Å². The van der Waals surface area contributed by atoms with E-state index in [4.69, 9.17) is 0 Å². The summed E-state index contributed by atoms with van der Waals surface area (Å²) in [4.78, 5) is 0. The van der Waals surface area contributed by atoms with Crippen LogP contribution in [0.25, 0.3) is 0 Å². The second-order valence-electron chi connectivity index (χ2n) is 11.1. The van der Waals surface area contributed by atoms with Crippen LogP contribution in [0.1, 0.15) is 94.7 Å². The molecule has 0 fully saturated rings. The van der Waals surface area contributed by atoms with Gasteiger partial charge < -0.3 is 37.2 Å². The Labute approximate surface area is 287 Å². The van der Waals surface area contributed by atoms with Gasteiger partial charge in [0.15, 0.2) is 0 Å². The van der Waals surface area contributed by atoms with E-state index >= 15 is 0 Å². The molecular formula is C37H47Cl3SiTi. The maximum Gasteiger partial charge on any atom is -1.00 e. The predicted molar refractivity (Wildman–Crippen MR) is 170 cm³/mol. The summed E-state index contributed by atoms with van der Waals surface area (Å²) < 4.78 is 1.56. The van der Waals surface area contributed by atoms with Crippen molar-refractivity contribution in [3.8, 4) is 0 Å². The van der Waals surface area contributed by atoms with Crippen molar-refractivity contribution in [2.45, 2.75) is 99.8 Å². The van der Waals surface area contributed by atoms with E-state index in [2.05, 4.69) is 130 Å². The Morgan fingerprint density at radius 3 is 0.976 bits per heavy atom. The fourth-order valence-electron chi connectivity index (χ4n) is 6.47. The fraction of sp³-hybridized carbons (Fsp3) is 0.405. The van der Waals surface area contributed by atoms with Crippen molar-refractivity contribution in [2.24, 2.45) is 0 Å². The summed E-state index contributed by atoms with van der Waals surface area (Å²) in [6.45, 7) is 16.2. The van der Waals surface area contributed by atoms with Crippen LogP contribution in [0.4, 0.5) is 0 Å². The molecule has 4 rings (SSSR count). The van der Waals surface area contributed by atoms with Crippen LogP contribution in [-0.2, 0) is 59.0 Å². The van der Waals surface area contributed by atoms with Gasteiger partial charge in [0, 0.05) is 0 Å². The van der Waals surface area contributed by atoms with Crippen LogP contribution >= 0.6 is 0 Å². The number of rotatable bonds is 11. The number of aryl methyl sites for hydroxylation is 6. The minimum absolute atomic E-state index is 0. The summed E-state index contributed by atoms with van der Waals surface area (Å²) in [7, 11) is -2.57. The van der Waals surface area contributed by atoms with Crippen molar-refractivity contribution in [1.82, 2.24) is 0 Å². The zero-order chi connectivity index (χ0) is 28.2. The van der Waals surface area contributed by atoms with Crippen LogP contribution in [0.15, 0.2) is 75.3 Å². The molecule has 0 radical (unpaired) electrons. The number of halogens is 3. The number of benzene rings is 3. The first-order valence-corrected chi connectivity index (χ1v) is 18.2. The first-order valence-electron chi connectivity index (χ1n) is 15.4. The second-order valence-corrected chi connectivity index (χ2v) is 15.7. The Kier molecular flexibility index (Phi) is 16.2. The maximum absolute atomic E-state index is 2.60. The van der Waals surface area contributed by atoms with Crippen LogP contribution in [-0.4, -0.2) is 8.07 Å². The Balaban J connectivity index is 0.00000294. The molecule has 0 heterocycles. The van der Waals surface area contributed by atoms with E-state index < -0.39 is 8.07 Å². The van der Waals surface area contributed by atoms with E-state index in [-0.39, 0.29) is 37.2 Å². The smallest absolute Gasteiger partial charge is 1.00 e. The summed E-state index contributed by atoms with van der Waals surface area (Å²) >= 11 is 2.43. The molecule has 224 valence electrons. The summed E-state index contributed by atoms with van der Waals surface area (Å²) in [6.07, 6.45) is 11.2. The molecule has 5 heteroatoms. The van der Waals surface area contributed by atoms with Crippen LogP contribution in [0.2, 0.25) is 0 Å². The minimum atomic E-state index is -2.57. The number of hydrogen-bond donors (Lipinski definition) is 0. The summed E-state index contributed by atoms with van der Waals surface area (Å²) in [5.41, 5.74) is 10.4. The molecule has 0 amide bonds. The number of hydrogen-bond acceptors (Lipinski definition) is 0. The largest absolute Gasteiger partial charge is 1.00 e. The number of allylic oxidation sites excluding steroid dienone is 4. The third kappa shape index (κ3) is 7.59. The third-order valence-electron chi connectivity index (χ3n) is 8.92. The average Bonchev–Trinajstić information content (AvgIpc) is 3.36. The monoisotopic (exact) mass is 672 g/mol. The fourth-order valence-corrected chi connectivity index (χ4v) is 13.3. The Morgan fingerprint density at radius 1 is 0.476 bits per heavy atom. The molecule has 0 spiro atoms. The molecule has 3 aromatic rings. The molecule has 0 saturated carbocycles. The molecule has 0 atom stereocenters. The first kappa shape index (κ1) is 39.0. The van der Waals surface area contributed by atoms with Gasteiger partial charge in [0.1, 0.15) is 0 Å². The van der Waals surface area contributed by atoms with E-state index in [1.165, 1.54) is 33.4 Å². The van der Waals surface area contributed by atoms with Gasteiger partial charge in [0.25, 0.3) is 0 Å². The quantitative estimate of drug-likeness (QED) is 0.174. The normalized spacial score (nSPS) is 12.8. The minimum Gasteiger partial charge on any atom is -1.00 e. The van der Waals surface area contributed by atoms with Gasteiger partial charge in [-0.05, 0) is 0 Å². The molecule has 0 aromatic heterocycles. The Morgan fingerprint density at radius 2 is 0.762 bits per heavy atom. The van der Waals surface area contributed by atoms with Crippen LogP contribution in [0.3, 0.4) is 0 Å². The maximum atomic E-state index is 2.60. The van der Waals surface area contributed by atoms with Crippen molar-refractivity contribution in [1.29, 1.82) is 0 Å². The van der Waals surface area contributed by atoms with E-state index in [1.807, 2.05) is 0 Å². The average molecular weight is 674 g/mol. The van der Waals surface area contributed by atoms with Gasteiger partial charge >= 0.3 is 253 Å². The standard InChI is InChI=1S/C37H47Si.3ClH.Ti/c1-8-27-15-16-34(20-27)38(35-21-28(9-2)17-29(10-3)22-35,36-23-30(11-4)18-31(12-5)24-36)37-25-32(13-6)19-33(14-7)26-37;;;;/h15,17-19,21-26H,8-14,16H2,1-7H3;3*1H;/q;;;;+3/p-3. The van der Waals surface area contributed by atoms with Gasteiger partial charge in [0.05, 0.1) is 0 Å². The first-order chi connectivity index (χ1) is 18.9. The summed E-state index contributed by atoms with van der Waals surface area (Å²) in [5.74, 6) is 0. The zero-order valence-corrected chi connectivity index (χ0v) is 31.4. The van der Waals surface area contributed by atoms with Crippen molar-refractivity contribution in [2.75, 3.05) is 0 Å². The van der Waals surface area contributed by atoms with Crippen molar-refractivity contribution < 1.29 is 57.7 Å². The van der Waals surface area contributed by atoms with Crippen LogP contribution in [0, 0.1) is 0 Å². The molecule has 42 heavy (non-hydrogen) atoms. The van der Waals surface area contributed by atoms with E-state index in [0.717, 1.165) is 51.4 Å². The van der Waals surface area contributed by atoms with Gasteiger partial charge in [0.2, 0.25) is 0 Å². The van der Waals surface area contributed by atoms with Gasteiger partial charge in [-0.1, -0.05) is 0 Å². The molecule has 0 aliphatic heterocycles. The molecule has 0 bridgehead atoms. The van der Waals surface area contributed by atoms with E-state index in [1.54, 1.807) is 30.2 Å². The van der Waals surface area contributed by atoms with Gasteiger partial charge in [-0.15, -0.1) is 0 Å². The molecule has 1 aliphatic rings. The van der Waals surface area contributed by atoms with Crippen molar-refractivity contribution >= 4 is 23.6 Å². The van der Waals surface area contributed by atoms with Gasteiger partial charge in [-0.25, -0.2) is 0 Å².